The van der Waals surface area contributed by atoms with E-state index < -0.39 is 0 Å². The molecule has 2 nitrogen and oxygen atoms in total. The average molecular weight is 630 g/mol. The number of thiophene rings is 1. The van der Waals surface area contributed by atoms with Crippen molar-refractivity contribution >= 4 is 60.4 Å². The van der Waals surface area contributed by atoms with E-state index >= 15 is 0 Å². The van der Waals surface area contributed by atoms with Crippen molar-refractivity contribution in [1.82, 2.24) is 0 Å². The van der Waals surface area contributed by atoms with Crippen LogP contribution in [0.4, 0.5) is 17.1 Å². The molecule has 0 amide bonds. The van der Waals surface area contributed by atoms with E-state index in [1.165, 1.54) is 53.9 Å². The zero-order valence-electron chi connectivity index (χ0n) is 25.9. The summed E-state index contributed by atoms with van der Waals surface area (Å²) in [5, 5.41) is 3.60. The number of benzene rings is 7. The second kappa shape index (κ2) is 9.57. The lowest BCUT2D eigenvalue weighted by atomic mass is 9.74. The van der Waals surface area contributed by atoms with E-state index in [0.29, 0.717) is 0 Å². The van der Waals surface area contributed by atoms with Gasteiger partial charge in [0, 0.05) is 54.4 Å². The second-order valence-corrected chi connectivity index (χ2v) is 13.9. The van der Waals surface area contributed by atoms with Crippen molar-refractivity contribution in [2.24, 2.45) is 0 Å². The molecule has 224 valence electrons. The minimum absolute atomic E-state index is 0.356. The Bertz CT molecular complexity index is 2710. The highest BCUT2D eigenvalue weighted by atomic mass is 32.1. The van der Waals surface area contributed by atoms with Gasteiger partial charge >= 0.3 is 0 Å². The Labute approximate surface area is 281 Å². The molecule has 2 aliphatic carbocycles. The van der Waals surface area contributed by atoms with Gasteiger partial charge < -0.3 is 9.32 Å². The molecule has 0 atom stereocenters. The molecule has 0 saturated heterocycles. The van der Waals surface area contributed by atoms with Crippen LogP contribution in [-0.4, -0.2) is 0 Å². The van der Waals surface area contributed by atoms with Crippen LogP contribution in [-0.2, 0) is 5.41 Å². The van der Waals surface area contributed by atoms with Gasteiger partial charge in [-0.3, -0.25) is 0 Å². The predicted molar refractivity (Wildman–Crippen MR) is 200 cm³/mol. The Kier molecular flexibility index (Phi) is 5.22. The highest BCUT2D eigenvalue weighted by Gasteiger charge is 2.53. The zero-order valence-corrected chi connectivity index (χ0v) is 26.7. The van der Waals surface area contributed by atoms with Gasteiger partial charge in [-0.2, -0.15) is 0 Å². The molecular weight excluding hydrogens is 603 g/mol. The van der Waals surface area contributed by atoms with E-state index in [4.69, 9.17) is 4.42 Å². The minimum Gasteiger partial charge on any atom is -0.456 e. The van der Waals surface area contributed by atoms with Crippen molar-refractivity contribution in [3.05, 3.63) is 185 Å². The van der Waals surface area contributed by atoms with Crippen LogP contribution in [0.2, 0.25) is 0 Å². The molecule has 2 aromatic heterocycles. The number of hydrogen-bond donors (Lipinski definition) is 0. The number of para-hydroxylation sites is 2. The maximum absolute atomic E-state index is 6.38. The summed E-state index contributed by atoms with van der Waals surface area (Å²) in [7, 11) is 0. The molecule has 0 N–H and O–H groups in total. The van der Waals surface area contributed by atoms with Crippen molar-refractivity contribution < 1.29 is 4.42 Å². The molecule has 48 heavy (non-hydrogen) atoms. The van der Waals surface area contributed by atoms with Crippen LogP contribution in [0, 0.1) is 0 Å². The molecule has 7 aromatic carbocycles. The number of nitrogens with zero attached hydrogens (tertiary/aromatic N) is 1. The van der Waals surface area contributed by atoms with Crippen LogP contribution in [0.25, 0.3) is 54.3 Å². The third-order valence-electron chi connectivity index (χ3n) is 10.5. The first kappa shape index (κ1) is 26.2. The Morgan fingerprint density at radius 1 is 0.438 bits per heavy atom. The first-order chi connectivity index (χ1) is 23.8. The molecule has 0 aliphatic heterocycles. The van der Waals surface area contributed by atoms with Gasteiger partial charge in [-0.1, -0.05) is 109 Å². The van der Waals surface area contributed by atoms with E-state index in [9.17, 15) is 0 Å². The Balaban J connectivity index is 1.20. The summed E-state index contributed by atoms with van der Waals surface area (Å²) in [5.74, 6) is 0. The summed E-state index contributed by atoms with van der Waals surface area (Å²) in [4.78, 5) is 3.78. The Hall–Kier alpha value is -5.90. The van der Waals surface area contributed by atoms with Gasteiger partial charge in [0.05, 0.1) is 5.41 Å². The quantitative estimate of drug-likeness (QED) is 0.193. The van der Waals surface area contributed by atoms with Crippen molar-refractivity contribution in [2.45, 2.75) is 5.41 Å². The fourth-order valence-corrected chi connectivity index (χ4v) is 10.0. The third-order valence-corrected chi connectivity index (χ3v) is 11.7. The van der Waals surface area contributed by atoms with E-state index in [-0.39, 0.29) is 5.41 Å². The molecule has 0 radical (unpaired) electrons. The highest BCUT2D eigenvalue weighted by Crippen LogP contribution is 2.66. The molecule has 3 heteroatoms. The maximum atomic E-state index is 6.38. The molecule has 9 aromatic rings. The molecular formula is C45H27NOS. The standard InChI is InChI=1S/C45H27NOS/c1-2-12-28(13-3-1)46(30-22-24-34-33-16-6-10-20-40(33)47-41(34)27-30)29-23-25-39-36(26-29)43-35-17-7-11-21-42(35)48-44(43)45(39)37-18-8-4-14-31(37)32-15-5-9-19-38(32)45/h1-27H. The highest BCUT2D eigenvalue weighted by molar-refractivity contribution is 7.20. The molecule has 2 heterocycles. The zero-order chi connectivity index (χ0) is 31.4. The van der Waals surface area contributed by atoms with Crippen molar-refractivity contribution in [2.75, 3.05) is 4.90 Å². The van der Waals surface area contributed by atoms with Crippen molar-refractivity contribution in [3.8, 4) is 22.3 Å². The smallest absolute Gasteiger partial charge is 0.137 e. The largest absolute Gasteiger partial charge is 0.456 e. The molecule has 0 bridgehead atoms. The van der Waals surface area contributed by atoms with Crippen LogP contribution in [0.1, 0.15) is 21.6 Å². The van der Waals surface area contributed by atoms with Crippen LogP contribution in [0.5, 0.6) is 0 Å². The SMILES string of the molecule is c1ccc(N(c2ccc3c(c2)-c2c(sc4ccccc24)C32c3ccccc3-c3ccccc32)c2ccc3c(c2)oc2ccccc23)cc1. The lowest BCUT2D eigenvalue weighted by Gasteiger charge is -2.30. The second-order valence-electron chi connectivity index (χ2n) is 12.8. The van der Waals surface area contributed by atoms with Crippen molar-refractivity contribution in [3.63, 3.8) is 0 Å². The normalized spacial score (nSPS) is 13.6. The van der Waals surface area contributed by atoms with Gasteiger partial charge in [0.2, 0.25) is 0 Å². The van der Waals surface area contributed by atoms with Crippen LogP contribution >= 0.6 is 11.3 Å². The average Bonchev–Trinajstić information content (AvgIpc) is 3.87. The van der Waals surface area contributed by atoms with E-state index in [2.05, 4.69) is 157 Å². The van der Waals surface area contributed by atoms with Gasteiger partial charge in [0.15, 0.2) is 0 Å². The van der Waals surface area contributed by atoms with Gasteiger partial charge in [-0.25, -0.2) is 0 Å². The van der Waals surface area contributed by atoms with Gasteiger partial charge in [0.1, 0.15) is 11.2 Å². The van der Waals surface area contributed by atoms with Crippen LogP contribution in [0.3, 0.4) is 0 Å². The fourth-order valence-electron chi connectivity index (χ4n) is 8.55. The summed E-state index contributed by atoms with van der Waals surface area (Å²) in [6, 6.07) is 59.7. The van der Waals surface area contributed by atoms with Crippen LogP contribution in [0.15, 0.2) is 168 Å². The van der Waals surface area contributed by atoms with Crippen LogP contribution < -0.4 is 4.90 Å². The number of fused-ring (bicyclic) bond motifs is 15. The molecule has 1 spiro atoms. The summed E-state index contributed by atoms with van der Waals surface area (Å²) < 4.78 is 7.71. The number of hydrogen-bond acceptors (Lipinski definition) is 3. The summed E-state index contributed by atoms with van der Waals surface area (Å²) in [5.41, 5.74) is 14.2. The minimum atomic E-state index is -0.356. The fraction of sp³-hybridized carbons (Fsp3) is 0.0222. The molecule has 0 unspecified atom stereocenters. The first-order valence-corrected chi connectivity index (χ1v) is 17.2. The summed E-state index contributed by atoms with van der Waals surface area (Å²) in [6.07, 6.45) is 0. The first-order valence-electron chi connectivity index (χ1n) is 16.4. The predicted octanol–water partition coefficient (Wildman–Crippen LogP) is 12.6. The molecule has 0 saturated carbocycles. The molecule has 2 aliphatic rings. The van der Waals surface area contributed by atoms with Gasteiger partial charge in [-0.15, -0.1) is 11.3 Å². The van der Waals surface area contributed by atoms with E-state index in [1.54, 1.807) is 0 Å². The topological polar surface area (TPSA) is 16.4 Å². The van der Waals surface area contributed by atoms with Crippen molar-refractivity contribution in [1.29, 1.82) is 0 Å². The number of furan rings is 1. The van der Waals surface area contributed by atoms with E-state index in [1.807, 2.05) is 23.5 Å². The van der Waals surface area contributed by atoms with Gasteiger partial charge in [-0.05, 0) is 81.9 Å². The maximum Gasteiger partial charge on any atom is 0.137 e. The number of rotatable bonds is 3. The third kappa shape index (κ3) is 3.31. The van der Waals surface area contributed by atoms with E-state index in [0.717, 1.165) is 39.0 Å². The lowest BCUT2D eigenvalue weighted by Crippen LogP contribution is -2.25. The monoisotopic (exact) mass is 629 g/mol. The Morgan fingerprint density at radius 3 is 1.85 bits per heavy atom. The lowest BCUT2D eigenvalue weighted by molar-refractivity contribution is 0.669. The molecule has 11 rings (SSSR count). The summed E-state index contributed by atoms with van der Waals surface area (Å²) in [6.45, 7) is 0. The summed E-state index contributed by atoms with van der Waals surface area (Å²) >= 11 is 1.95. The number of anilines is 3. The Morgan fingerprint density at radius 2 is 1.04 bits per heavy atom. The molecule has 0 fully saturated rings. The van der Waals surface area contributed by atoms with Gasteiger partial charge in [0.25, 0.3) is 0 Å².